The second-order valence-electron chi connectivity index (χ2n) is 10.2. The molecule has 5 rings (SSSR count). The maximum atomic E-state index is 14.0. The van der Waals surface area contributed by atoms with E-state index in [0.29, 0.717) is 18.8 Å². The highest BCUT2D eigenvalue weighted by Crippen LogP contribution is 2.43. The minimum absolute atomic E-state index is 0.0664. The van der Waals surface area contributed by atoms with E-state index in [2.05, 4.69) is 6.92 Å². The van der Waals surface area contributed by atoms with Crippen molar-refractivity contribution in [2.75, 3.05) is 20.3 Å². The highest BCUT2D eigenvalue weighted by molar-refractivity contribution is 7.08. The molecule has 1 aromatic carbocycles. The molecule has 34 heavy (non-hydrogen) atoms. The Balaban J connectivity index is 1.58. The maximum absolute atomic E-state index is 14.0. The van der Waals surface area contributed by atoms with Gasteiger partial charge in [0.25, 0.3) is 5.91 Å². The van der Waals surface area contributed by atoms with E-state index < -0.39 is 0 Å². The lowest BCUT2D eigenvalue weighted by Gasteiger charge is -2.37. The third-order valence-corrected chi connectivity index (χ3v) is 7.23. The van der Waals surface area contributed by atoms with Crippen LogP contribution in [0.2, 0.25) is 0 Å². The smallest absolute Gasteiger partial charge is 0.275 e. The number of benzene rings is 1. The number of amides is 1. The van der Waals surface area contributed by atoms with Crippen LogP contribution in [-0.4, -0.2) is 75.2 Å². The Bertz CT molecular complexity index is 1230. The van der Waals surface area contributed by atoms with Gasteiger partial charge in [-0.1, -0.05) is 0 Å². The first-order valence-electron chi connectivity index (χ1n) is 11.6. The van der Waals surface area contributed by atoms with Gasteiger partial charge in [0.05, 0.1) is 30.6 Å². The standard InChI is InChI=1S/C23H28B3N3O4S/c1-22(13-33-23(24,25)26)7-3-8-28(22)21(30)19-17-11-32-18-10-15(31-2)4-5-16(18)20(17)29(27-19)14-6-9-34-12-14/h4-6,9-10,12H,3,7-8,11,13,24-26H2,1-2H3. The number of hydrogen-bond donors (Lipinski definition) is 0. The van der Waals surface area contributed by atoms with E-state index in [9.17, 15) is 4.79 Å². The van der Waals surface area contributed by atoms with Crippen molar-refractivity contribution in [3.8, 4) is 28.4 Å². The van der Waals surface area contributed by atoms with Gasteiger partial charge in [-0.25, -0.2) is 4.68 Å². The van der Waals surface area contributed by atoms with E-state index in [1.807, 2.05) is 68.1 Å². The topological polar surface area (TPSA) is 65.8 Å². The Morgan fingerprint density at radius 2 is 2.15 bits per heavy atom. The van der Waals surface area contributed by atoms with E-state index >= 15 is 0 Å². The summed E-state index contributed by atoms with van der Waals surface area (Å²) in [5.74, 6) is 1.39. The van der Waals surface area contributed by atoms with Crippen LogP contribution >= 0.6 is 11.3 Å². The number of nitrogens with zero attached hydrogens (tertiary/aromatic N) is 3. The lowest BCUT2D eigenvalue weighted by atomic mass is 9.52. The van der Waals surface area contributed by atoms with Gasteiger partial charge in [0, 0.05) is 29.1 Å². The van der Waals surface area contributed by atoms with Crippen molar-refractivity contribution in [1.29, 1.82) is 0 Å². The Morgan fingerprint density at radius 1 is 1.32 bits per heavy atom. The fourth-order valence-electron chi connectivity index (χ4n) is 4.71. The first kappa shape index (κ1) is 23.1. The molecule has 7 nitrogen and oxygen atoms in total. The van der Waals surface area contributed by atoms with Crippen LogP contribution in [0.5, 0.6) is 11.5 Å². The summed E-state index contributed by atoms with van der Waals surface area (Å²) < 4.78 is 19.5. The van der Waals surface area contributed by atoms with E-state index in [-0.39, 0.29) is 23.4 Å². The summed E-state index contributed by atoms with van der Waals surface area (Å²) in [4.78, 5) is 15.9. The zero-order valence-corrected chi connectivity index (χ0v) is 21.2. The van der Waals surface area contributed by atoms with Crippen molar-refractivity contribution in [3.05, 3.63) is 46.3 Å². The lowest BCUT2D eigenvalue weighted by Crippen LogP contribution is -2.51. The monoisotopic (exact) mass is 475 g/mol. The number of aromatic nitrogens is 2. The van der Waals surface area contributed by atoms with Crippen molar-refractivity contribution in [3.63, 3.8) is 0 Å². The van der Waals surface area contributed by atoms with Crippen LogP contribution in [-0.2, 0) is 11.3 Å². The first-order valence-corrected chi connectivity index (χ1v) is 12.6. The highest BCUT2D eigenvalue weighted by Gasteiger charge is 2.43. The van der Waals surface area contributed by atoms with Crippen LogP contribution in [0.1, 0.15) is 35.8 Å². The molecule has 11 heteroatoms. The molecule has 1 fully saturated rings. The SMILES string of the molecule is BC(B)(B)OCC1(C)CCCN1C(=O)c1nn(-c2ccsc2)c2c1COc1cc(OC)ccc1-2. The van der Waals surface area contributed by atoms with E-state index in [0.717, 1.165) is 46.8 Å². The number of carbonyl (C=O) groups excluding carboxylic acids is 1. The molecule has 0 bridgehead atoms. The van der Waals surface area contributed by atoms with Crippen molar-refractivity contribution < 1.29 is 19.0 Å². The number of hydrogen-bond acceptors (Lipinski definition) is 6. The zero-order valence-electron chi connectivity index (χ0n) is 20.4. The Labute approximate surface area is 206 Å². The molecule has 2 aliphatic heterocycles. The summed E-state index contributed by atoms with van der Waals surface area (Å²) in [6.45, 7) is 3.58. The molecule has 0 spiro atoms. The van der Waals surface area contributed by atoms with E-state index in [1.165, 1.54) is 0 Å². The molecule has 1 saturated heterocycles. The molecular formula is C23H28B3N3O4S. The summed E-state index contributed by atoms with van der Waals surface area (Å²) in [6.07, 6.45) is 1.85. The summed E-state index contributed by atoms with van der Waals surface area (Å²) in [6, 6.07) is 7.78. The maximum Gasteiger partial charge on any atom is 0.275 e. The van der Waals surface area contributed by atoms with E-state index in [1.54, 1.807) is 18.4 Å². The minimum atomic E-state index is -0.371. The third kappa shape index (κ3) is 4.05. The molecule has 174 valence electrons. The van der Waals surface area contributed by atoms with Gasteiger partial charge >= 0.3 is 0 Å². The number of thiophene rings is 1. The number of likely N-dealkylation sites (tertiary alicyclic amines) is 1. The normalized spacial score (nSPS) is 19.4. The largest absolute Gasteiger partial charge is 0.497 e. The summed E-state index contributed by atoms with van der Waals surface area (Å²) in [5, 5.41) is 8.66. The molecule has 2 aliphatic rings. The number of ether oxygens (including phenoxy) is 3. The highest BCUT2D eigenvalue weighted by atomic mass is 32.1. The fourth-order valence-corrected chi connectivity index (χ4v) is 5.33. The Kier molecular flexibility index (Phi) is 5.80. The molecule has 1 amide bonds. The molecule has 4 heterocycles. The number of fused-ring (bicyclic) bond motifs is 3. The van der Waals surface area contributed by atoms with Crippen molar-refractivity contribution in [1.82, 2.24) is 14.7 Å². The Hall–Kier alpha value is -2.65. The summed E-state index contributed by atoms with van der Waals surface area (Å²) >= 11 is 1.60. The average molecular weight is 475 g/mol. The molecular weight excluding hydrogens is 447 g/mol. The second-order valence-corrected chi connectivity index (χ2v) is 11.0. The molecule has 1 atom stereocenters. The molecule has 0 radical (unpaired) electrons. The van der Waals surface area contributed by atoms with E-state index in [4.69, 9.17) is 19.3 Å². The first-order chi connectivity index (χ1) is 16.2. The molecule has 0 saturated carbocycles. The quantitative estimate of drug-likeness (QED) is 0.499. The van der Waals surface area contributed by atoms with Gasteiger partial charge in [-0.2, -0.15) is 16.4 Å². The van der Waals surface area contributed by atoms with Crippen LogP contribution in [0.15, 0.2) is 35.0 Å². The molecule has 0 aliphatic carbocycles. The van der Waals surface area contributed by atoms with Gasteiger partial charge in [0.2, 0.25) is 0 Å². The van der Waals surface area contributed by atoms with Gasteiger partial charge in [-0.15, -0.1) is 0 Å². The van der Waals surface area contributed by atoms with Crippen LogP contribution in [0.4, 0.5) is 0 Å². The molecule has 1 unspecified atom stereocenters. The number of carbonyl (C=O) groups is 1. The third-order valence-electron chi connectivity index (χ3n) is 6.56. The summed E-state index contributed by atoms with van der Waals surface area (Å²) in [5.41, 5.74) is 3.64. The lowest BCUT2D eigenvalue weighted by molar-refractivity contribution is 0.0180. The van der Waals surface area contributed by atoms with Gasteiger partial charge in [-0.05, 0) is 48.6 Å². The van der Waals surface area contributed by atoms with Gasteiger partial charge in [-0.3, -0.25) is 4.79 Å². The molecule has 0 N–H and O–H groups in total. The Morgan fingerprint density at radius 3 is 2.85 bits per heavy atom. The molecule has 2 aromatic heterocycles. The predicted octanol–water partition coefficient (Wildman–Crippen LogP) is 1.02. The van der Waals surface area contributed by atoms with Crippen LogP contribution in [0.25, 0.3) is 16.9 Å². The second kappa shape index (κ2) is 8.54. The predicted molar refractivity (Wildman–Crippen MR) is 141 cm³/mol. The van der Waals surface area contributed by atoms with Gasteiger partial charge in [0.1, 0.15) is 41.6 Å². The van der Waals surface area contributed by atoms with Crippen molar-refractivity contribution >= 4 is 40.8 Å². The minimum Gasteiger partial charge on any atom is -0.497 e. The van der Waals surface area contributed by atoms with Gasteiger partial charge < -0.3 is 19.1 Å². The van der Waals surface area contributed by atoms with Gasteiger partial charge in [0.15, 0.2) is 5.69 Å². The van der Waals surface area contributed by atoms with Crippen LogP contribution < -0.4 is 9.47 Å². The summed E-state index contributed by atoms with van der Waals surface area (Å²) in [7, 11) is 7.76. The average Bonchev–Trinajstić information content (AvgIpc) is 3.55. The fraction of sp³-hybridized carbons (Fsp3) is 0.391. The van der Waals surface area contributed by atoms with Crippen LogP contribution in [0, 0.1) is 0 Å². The molecule has 3 aromatic rings. The van der Waals surface area contributed by atoms with Crippen molar-refractivity contribution in [2.24, 2.45) is 0 Å². The number of methoxy groups -OCH3 is 1. The van der Waals surface area contributed by atoms with Crippen molar-refractivity contribution in [2.45, 2.75) is 37.2 Å². The van der Waals surface area contributed by atoms with Crippen LogP contribution in [0.3, 0.4) is 0 Å². The zero-order chi connectivity index (χ0) is 24.1. The number of rotatable bonds is 6.